The van der Waals surface area contributed by atoms with E-state index >= 15 is 0 Å². The van der Waals surface area contributed by atoms with E-state index in [1.165, 1.54) is 27.5 Å². The van der Waals surface area contributed by atoms with Crippen molar-refractivity contribution in [2.45, 2.75) is 0 Å². The maximum atomic E-state index is 6.43. The number of hydrogen-bond acceptors (Lipinski definition) is 3. The average Bonchev–Trinajstić information content (AvgIpc) is 3.52. The SMILES string of the molecule is c1ccc(-c2cccc(N(c3ccc(-c4cccc5ccccc45)cc3)c3cnc4ccc5c6ccccc6oc5c4c3)c2)cc1. The predicted molar refractivity (Wildman–Crippen MR) is 192 cm³/mol. The van der Waals surface area contributed by atoms with E-state index in [9.17, 15) is 0 Å². The van der Waals surface area contributed by atoms with Gasteiger partial charge in [-0.25, -0.2) is 0 Å². The van der Waals surface area contributed by atoms with Crippen LogP contribution in [0.5, 0.6) is 0 Å². The molecule has 0 radical (unpaired) electrons. The summed E-state index contributed by atoms with van der Waals surface area (Å²) in [6.07, 6.45) is 1.96. The van der Waals surface area contributed by atoms with Gasteiger partial charge in [-0.15, -0.1) is 0 Å². The summed E-state index contributed by atoms with van der Waals surface area (Å²) in [5, 5.41) is 5.68. The molecule has 3 nitrogen and oxygen atoms in total. The molecule has 0 aliphatic heterocycles. The van der Waals surface area contributed by atoms with Crippen LogP contribution in [0, 0.1) is 0 Å². The summed E-state index contributed by atoms with van der Waals surface area (Å²) in [4.78, 5) is 7.24. The average molecular weight is 589 g/mol. The Morgan fingerprint density at radius 1 is 0.435 bits per heavy atom. The molecule has 46 heavy (non-hydrogen) atoms. The van der Waals surface area contributed by atoms with Gasteiger partial charge in [-0.05, 0) is 81.6 Å². The second-order valence-corrected chi connectivity index (χ2v) is 11.6. The third-order valence-electron chi connectivity index (χ3n) is 8.89. The lowest BCUT2D eigenvalue weighted by molar-refractivity contribution is 0.672. The Labute approximate surface area is 266 Å². The summed E-state index contributed by atoms with van der Waals surface area (Å²) in [7, 11) is 0. The molecule has 0 saturated carbocycles. The van der Waals surface area contributed by atoms with Crippen molar-refractivity contribution in [3.8, 4) is 22.3 Å². The van der Waals surface area contributed by atoms with E-state index in [1.54, 1.807) is 0 Å². The van der Waals surface area contributed by atoms with Crippen molar-refractivity contribution in [2.24, 2.45) is 0 Å². The topological polar surface area (TPSA) is 29.3 Å². The highest BCUT2D eigenvalue weighted by Gasteiger charge is 2.18. The quantitative estimate of drug-likeness (QED) is 0.200. The largest absolute Gasteiger partial charge is 0.455 e. The molecule has 9 rings (SSSR count). The van der Waals surface area contributed by atoms with Crippen molar-refractivity contribution in [2.75, 3.05) is 4.90 Å². The number of furan rings is 1. The molecular weight excluding hydrogens is 560 g/mol. The fourth-order valence-corrected chi connectivity index (χ4v) is 6.66. The van der Waals surface area contributed by atoms with E-state index in [4.69, 9.17) is 9.40 Å². The fourth-order valence-electron chi connectivity index (χ4n) is 6.66. The van der Waals surface area contributed by atoms with Crippen molar-refractivity contribution in [3.05, 3.63) is 170 Å². The van der Waals surface area contributed by atoms with Gasteiger partial charge in [-0.2, -0.15) is 0 Å². The van der Waals surface area contributed by atoms with E-state index < -0.39 is 0 Å². The van der Waals surface area contributed by atoms with Crippen LogP contribution in [-0.2, 0) is 0 Å². The van der Waals surface area contributed by atoms with E-state index in [0.717, 1.165) is 55.5 Å². The number of nitrogens with zero attached hydrogens (tertiary/aromatic N) is 2. The Bertz CT molecular complexity index is 2530. The molecule has 2 heterocycles. The van der Waals surface area contributed by atoms with Crippen molar-refractivity contribution in [1.29, 1.82) is 0 Å². The minimum absolute atomic E-state index is 0.859. The van der Waals surface area contributed by atoms with Crippen LogP contribution in [0.3, 0.4) is 0 Å². The Balaban J connectivity index is 1.22. The molecule has 0 spiro atoms. The normalized spacial score (nSPS) is 11.5. The van der Waals surface area contributed by atoms with Crippen LogP contribution in [-0.4, -0.2) is 4.98 Å². The highest BCUT2D eigenvalue weighted by atomic mass is 16.3. The molecule has 216 valence electrons. The van der Waals surface area contributed by atoms with Crippen LogP contribution in [0.4, 0.5) is 17.1 Å². The van der Waals surface area contributed by atoms with Crippen LogP contribution in [0.2, 0.25) is 0 Å². The lowest BCUT2D eigenvalue weighted by atomic mass is 9.98. The van der Waals surface area contributed by atoms with Crippen molar-refractivity contribution < 1.29 is 4.42 Å². The number of benzene rings is 7. The van der Waals surface area contributed by atoms with Crippen LogP contribution in [0.25, 0.3) is 65.9 Å². The second-order valence-electron chi connectivity index (χ2n) is 11.6. The molecule has 0 saturated heterocycles. The molecule has 0 amide bonds. The fraction of sp³-hybridized carbons (Fsp3) is 0. The Morgan fingerprint density at radius 3 is 2.07 bits per heavy atom. The molecule has 9 aromatic rings. The minimum Gasteiger partial charge on any atom is -0.455 e. The minimum atomic E-state index is 0.859. The van der Waals surface area contributed by atoms with Gasteiger partial charge in [0.1, 0.15) is 11.2 Å². The van der Waals surface area contributed by atoms with E-state index in [-0.39, 0.29) is 0 Å². The van der Waals surface area contributed by atoms with E-state index in [2.05, 4.69) is 157 Å². The number of anilines is 3. The first-order valence-corrected chi connectivity index (χ1v) is 15.5. The highest BCUT2D eigenvalue weighted by molar-refractivity contribution is 6.14. The van der Waals surface area contributed by atoms with Gasteiger partial charge in [0.25, 0.3) is 0 Å². The monoisotopic (exact) mass is 588 g/mol. The zero-order valence-corrected chi connectivity index (χ0v) is 25.0. The van der Waals surface area contributed by atoms with Gasteiger partial charge >= 0.3 is 0 Å². The Morgan fingerprint density at radius 2 is 1.17 bits per heavy atom. The first kappa shape index (κ1) is 26.2. The zero-order chi connectivity index (χ0) is 30.5. The third kappa shape index (κ3) is 4.41. The third-order valence-corrected chi connectivity index (χ3v) is 8.89. The molecule has 0 aliphatic rings. The molecule has 0 unspecified atom stereocenters. The number of aromatic nitrogens is 1. The number of para-hydroxylation sites is 1. The lowest BCUT2D eigenvalue weighted by Gasteiger charge is -2.26. The molecule has 0 aliphatic carbocycles. The van der Waals surface area contributed by atoms with Crippen molar-refractivity contribution in [1.82, 2.24) is 4.98 Å². The van der Waals surface area contributed by atoms with Crippen molar-refractivity contribution in [3.63, 3.8) is 0 Å². The van der Waals surface area contributed by atoms with Crippen LogP contribution < -0.4 is 4.90 Å². The van der Waals surface area contributed by atoms with Gasteiger partial charge in [-0.3, -0.25) is 4.98 Å². The van der Waals surface area contributed by atoms with Gasteiger partial charge in [0.05, 0.1) is 17.4 Å². The molecule has 3 heteroatoms. The Hall–Kier alpha value is -6.19. The predicted octanol–water partition coefficient (Wildman–Crippen LogP) is 12.1. The molecule has 0 fully saturated rings. The summed E-state index contributed by atoms with van der Waals surface area (Å²) in [5.74, 6) is 0. The highest BCUT2D eigenvalue weighted by Crippen LogP contribution is 2.41. The first-order chi connectivity index (χ1) is 22.8. The van der Waals surface area contributed by atoms with Crippen LogP contribution >= 0.6 is 0 Å². The first-order valence-electron chi connectivity index (χ1n) is 15.5. The van der Waals surface area contributed by atoms with Gasteiger partial charge in [0.2, 0.25) is 0 Å². The summed E-state index contributed by atoms with van der Waals surface area (Å²) in [5.41, 5.74) is 10.4. The van der Waals surface area contributed by atoms with Gasteiger partial charge in [0, 0.05) is 27.5 Å². The van der Waals surface area contributed by atoms with Gasteiger partial charge < -0.3 is 9.32 Å². The number of rotatable bonds is 5. The van der Waals surface area contributed by atoms with Crippen LogP contribution in [0.1, 0.15) is 0 Å². The molecule has 0 N–H and O–H groups in total. The maximum absolute atomic E-state index is 6.43. The smallest absolute Gasteiger partial charge is 0.144 e. The second kappa shape index (κ2) is 10.8. The van der Waals surface area contributed by atoms with Crippen molar-refractivity contribution >= 4 is 60.7 Å². The molecular formula is C43H28N2O. The number of fused-ring (bicyclic) bond motifs is 6. The summed E-state index contributed by atoms with van der Waals surface area (Å²) in [6, 6.07) is 57.7. The standard InChI is InChI=1S/C43H28N2O/c1-2-10-29(11-3-1)32-14-8-15-34(26-32)45(33-22-20-31(21-23-33)37-18-9-13-30-12-4-5-16-36(30)37)35-27-40-41(44-28-35)25-24-39-38-17-6-7-19-42(38)46-43(39)40/h1-28H. The molecule has 2 aromatic heterocycles. The lowest BCUT2D eigenvalue weighted by Crippen LogP contribution is -2.10. The summed E-state index contributed by atoms with van der Waals surface area (Å²) >= 11 is 0. The summed E-state index contributed by atoms with van der Waals surface area (Å²) < 4.78 is 6.43. The van der Waals surface area contributed by atoms with Crippen LogP contribution in [0.15, 0.2) is 174 Å². The maximum Gasteiger partial charge on any atom is 0.144 e. The van der Waals surface area contributed by atoms with Gasteiger partial charge in [0.15, 0.2) is 0 Å². The molecule has 7 aromatic carbocycles. The van der Waals surface area contributed by atoms with E-state index in [0.29, 0.717) is 0 Å². The Kier molecular flexibility index (Phi) is 6.14. The number of pyridine rings is 1. The van der Waals surface area contributed by atoms with E-state index in [1.807, 2.05) is 18.3 Å². The molecule has 0 atom stereocenters. The number of hydrogen-bond donors (Lipinski definition) is 0. The summed E-state index contributed by atoms with van der Waals surface area (Å²) in [6.45, 7) is 0. The zero-order valence-electron chi connectivity index (χ0n) is 25.0. The molecule has 0 bridgehead atoms. The van der Waals surface area contributed by atoms with Gasteiger partial charge in [-0.1, -0.05) is 115 Å².